The minimum absolute atomic E-state index is 0.141. The molecule has 1 saturated heterocycles. The number of aldehydes is 1. The van der Waals surface area contributed by atoms with E-state index in [1.54, 1.807) is 24.3 Å². The minimum atomic E-state index is -3.76. The van der Waals surface area contributed by atoms with E-state index in [4.69, 9.17) is 0 Å². The topological polar surface area (TPSA) is 54.5 Å². The van der Waals surface area contributed by atoms with Crippen molar-refractivity contribution in [3.8, 4) is 0 Å². The van der Waals surface area contributed by atoms with Crippen LogP contribution in [0.1, 0.15) is 30.5 Å². The molecule has 26 heavy (non-hydrogen) atoms. The van der Waals surface area contributed by atoms with Gasteiger partial charge in [0.25, 0.3) is 0 Å². The lowest BCUT2D eigenvalue weighted by atomic mass is 9.74. The zero-order chi connectivity index (χ0) is 18.9. The lowest BCUT2D eigenvalue weighted by molar-refractivity contribution is -0.115. The smallest absolute Gasteiger partial charge is 0.243 e. The lowest BCUT2D eigenvalue weighted by Crippen LogP contribution is -2.37. The van der Waals surface area contributed by atoms with Gasteiger partial charge in [0.15, 0.2) is 0 Å². The molecule has 1 fully saturated rings. The second-order valence-corrected chi connectivity index (χ2v) is 8.68. The molecule has 0 amide bonds. The number of nitrogens with zero attached hydrogens (tertiary/aromatic N) is 1. The van der Waals surface area contributed by atoms with E-state index in [1.165, 1.54) is 4.31 Å². The highest BCUT2D eigenvalue weighted by Gasteiger charge is 2.53. The number of hydrogen-bond acceptors (Lipinski definition) is 3. The van der Waals surface area contributed by atoms with E-state index in [9.17, 15) is 13.2 Å². The van der Waals surface area contributed by atoms with Crippen LogP contribution in [0, 0.1) is 12.3 Å². The van der Waals surface area contributed by atoms with E-state index in [1.807, 2.05) is 44.2 Å². The maximum absolute atomic E-state index is 13.4. The van der Waals surface area contributed by atoms with Crippen molar-refractivity contribution in [2.24, 2.45) is 5.41 Å². The highest BCUT2D eigenvalue weighted by atomic mass is 32.2. The molecule has 0 N–H and O–H groups in total. The van der Waals surface area contributed by atoms with Crippen LogP contribution in [0.25, 0.3) is 0 Å². The van der Waals surface area contributed by atoms with Crippen LogP contribution in [-0.4, -0.2) is 25.6 Å². The van der Waals surface area contributed by atoms with E-state index < -0.39 is 21.5 Å². The molecular formula is C21H23NO3S. The van der Waals surface area contributed by atoms with E-state index in [0.29, 0.717) is 12.0 Å². The quantitative estimate of drug-likeness (QED) is 0.593. The molecule has 1 aliphatic heterocycles. The first-order chi connectivity index (χ1) is 12.4. The Kier molecular flexibility index (Phi) is 4.86. The zero-order valence-corrected chi connectivity index (χ0v) is 15.9. The molecule has 2 aromatic carbocycles. The summed E-state index contributed by atoms with van der Waals surface area (Å²) >= 11 is 0. The largest absolute Gasteiger partial charge is 0.302 e. The van der Waals surface area contributed by atoms with Crippen LogP contribution >= 0.6 is 0 Å². The Balaban J connectivity index is 2.18. The molecule has 4 nitrogen and oxygen atoms in total. The fraction of sp³-hybridized carbons (Fsp3) is 0.286. The highest BCUT2D eigenvalue weighted by molar-refractivity contribution is 7.89. The number of carbonyl (C=O) groups excluding carboxylic acids is 1. The van der Waals surface area contributed by atoms with Gasteiger partial charge >= 0.3 is 0 Å². The van der Waals surface area contributed by atoms with Crippen molar-refractivity contribution < 1.29 is 13.2 Å². The Hall–Kier alpha value is -2.24. The normalized spacial score (nSPS) is 23.9. The van der Waals surface area contributed by atoms with E-state index in [-0.39, 0.29) is 11.4 Å². The Bertz CT molecular complexity index is 919. The molecule has 0 spiro atoms. The molecule has 0 bridgehead atoms. The number of sulfonamides is 1. The van der Waals surface area contributed by atoms with Gasteiger partial charge in [-0.3, -0.25) is 0 Å². The van der Waals surface area contributed by atoms with Gasteiger partial charge in [-0.1, -0.05) is 61.5 Å². The SMILES string of the molecule is C=C1CN(S(=O)(=O)c2ccc(C)cc2)[C@@H](c2ccccc2)[C@]1(C=O)CC. The maximum atomic E-state index is 13.4. The third kappa shape index (κ3) is 2.81. The van der Waals surface area contributed by atoms with Crippen LogP contribution in [0.15, 0.2) is 71.6 Å². The number of rotatable bonds is 5. The lowest BCUT2D eigenvalue weighted by Gasteiger charge is -2.33. The molecule has 1 aliphatic rings. The van der Waals surface area contributed by atoms with Crippen LogP contribution in [0.2, 0.25) is 0 Å². The predicted octanol–water partition coefficient (Wildman–Crippen LogP) is 3.89. The van der Waals surface area contributed by atoms with Gasteiger partial charge in [0.1, 0.15) is 6.29 Å². The first kappa shape index (κ1) is 18.5. The van der Waals surface area contributed by atoms with Gasteiger partial charge in [-0.25, -0.2) is 8.42 Å². The average Bonchev–Trinajstić information content (AvgIpc) is 2.96. The average molecular weight is 369 g/mol. The Morgan fingerprint density at radius 3 is 2.31 bits per heavy atom. The van der Waals surface area contributed by atoms with E-state index >= 15 is 0 Å². The Morgan fingerprint density at radius 2 is 1.77 bits per heavy atom. The fourth-order valence-corrected chi connectivity index (χ4v) is 5.38. The number of hydrogen-bond donors (Lipinski definition) is 0. The number of aryl methyl sites for hydroxylation is 1. The van der Waals surface area contributed by atoms with Gasteiger partial charge in [-0.2, -0.15) is 4.31 Å². The Labute approximate surface area is 155 Å². The summed E-state index contributed by atoms with van der Waals surface area (Å²) in [7, 11) is -3.76. The van der Waals surface area contributed by atoms with Crippen molar-refractivity contribution in [3.05, 3.63) is 77.9 Å². The second kappa shape index (κ2) is 6.82. The summed E-state index contributed by atoms with van der Waals surface area (Å²) in [4.78, 5) is 12.4. The third-order valence-corrected chi connectivity index (χ3v) is 7.14. The first-order valence-corrected chi connectivity index (χ1v) is 10.1. The Morgan fingerprint density at radius 1 is 1.15 bits per heavy atom. The van der Waals surface area contributed by atoms with Crippen LogP contribution in [0.5, 0.6) is 0 Å². The van der Waals surface area contributed by atoms with Crippen molar-refractivity contribution in [3.63, 3.8) is 0 Å². The summed E-state index contributed by atoms with van der Waals surface area (Å²) in [5.74, 6) is 0. The molecule has 2 aromatic rings. The maximum Gasteiger partial charge on any atom is 0.243 e. The van der Waals surface area contributed by atoms with Crippen LogP contribution < -0.4 is 0 Å². The standard InChI is InChI=1S/C21H23NO3S/c1-4-21(15-23)17(3)14-22(20(21)18-8-6-5-7-9-18)26(24,25)19-12-10-16(2)11-13-19/h5-13,15,20H,3-4,14H2,1-2H3/t20-,21-/m0/s1. The minimum Gasteiger partial charge on any atom is -0.302 e. The van der Waals surface area contributed by atoms with Gasteiger partial charge < -0.3 is 4.79 Å². The second-order valence-electron chi connectivity index (χ2n) is 6.79. The molecule has 0 aromatic heterocycles. The molecule has 2 atom stereocenters. The molecule has 136 valence electrons. The monoisotopic (exact) mass is 369 g/mol. The molecule has 0 unspecified atom stereocenters. The van der Waals surface area contributed by atoms with Crippen molar-refractivity contribution in [2.75, 3.05) is 6.54 Å². The molecule has 3 rings (SSSR count). The zero-order valence-electron chi connectivity index (χ0n) is 15.1. The van der Waals surface area contributed by atoms with Gasteiger partial charge in [0.05, 0.1) is 16.4 Å². The molecular weight excluding hydrogens is 346 g/mol. The van der Waals surface area contributed by atoms with Gasteiger partial charge in [0.2, 0.25) is 10.0 Å². The van der Waals surface area contributed by atoms with Crippen LogP contribution in [-0.2, 0) is 14.8 Å². The summed E-state index contributed by atoms with van der Waals surface area (Å²) < 4.78 is 28.2. The van der Waals surface area contributed by atoms with Gasteiger partial charge in [0, 0.05) is 6.54 Å². The summed E-state index contributed by atoms with van der Waals surface area (Å²) in [6, 6.07) is 15.5. The summed E-state index contributed by atoms with van der Waals surface area (Å²) in [5.41, 5.74) is 1.51. The molecule has 0 radical (unpaired) electrons. The van der Waals surface area contributed by atoms with Crippen LogP contribution in [0.4, 0.5) is 0 Å². The molecule has 0 saturated carbocycles. The number of benzene rings is 2. The molecule has 0 aliphatic carbocycles. The molecule has 1 heterocycles. The van der Waals surface area contributed by atoms with Gasteiger partial charge in [-0.15, -0.1) is 0 Å². The predicted molar refractivity (Wildman–Crippen MR) is 102 cm³/mol. The highest BCUT2D eigenvalue weighted by Crippen LogP contribution is 2.52. The first-order valence-electron chi connectivity index (χ1n) is 8.65. The van der Waals surface area contributed by atoms with E-state index in [0.717, 1.165) is 17.4 Å². The van der Waals surface area contributed by atoms with Crippen molar-refractivity contribution >= 4 is 16.3 Å². The fourth-order valence-electron chi connectivity index (χ4n) is 3.72. The van der Waals surface area contributed by atoms with Crippen molar-refractivity contribution in [2.45, 2.75) is 31.2 Å². The summed E-state index contributed by atoms with van der Waals surface area (Å²) in [5, 5.41) is 0. The molecule has 5 heteroatoms. The third-order valence-electron chi connectivity index (χ3n) is 5.32. The van der Waals surface area contributed by atoms with E-state index in [2.05, 4.69) is 6.58 Å². The van der Waals surface area contributed by atoms with Gasteiger partial charge in [-0.05, 0) is 36.6 Å². The number of carbonyl (C=O) groups is 1. The van der Waals surface area contributed by atoms with Crippen molar-refractivity contribution in [1.82, 2.24) is 4.31 Å². The summed E-state index contributed by atoms with van der Waals surface area (Å²) in [6.07, 6.45) is 1.37. The summed E-state index contributed by atoms with van der Waals surface area (Å²) in [6.45, 7) is 8.01. The van der Waals surface area contributed by atoms with Crippen molar-refractivity contribution in [1.29, 1.82) is 0 Å². The van der Waals surface area contributed by atoms with Crippen LogP contribution in [0.3, 0.4) is 0 Å².